The van der Waals surface area contributed by atoms with Crippen LogP contribution in [0.3, 0.4) is 0 Å². The van der Waals surface area contributed by atoms with Crippen molar-refractivity contribution in [1.82, 2.24) is 29.3 Å². The molecule has 0 bridgehead atoms. The van der Waals surface area contributed by atoms with E-state index in [2.05, 4.69) is 178 Å². The first kappa shape index (κ1) is 36.5. The van der Waals surface area contributed by atoms with Gasteiger partial charge < -0.3 is 19.3 Å². The molecule has 0 unspecified atom stereocenters. The molecule has 0 saturated carbocycles. The number of nitrogens with zero attached hydrogens (tertiary/aromatic N) is 6. The number of aryl methyl sites for hydroxylation is 3. The van der Waals surface area contributed by atoms with Gasteiger partial charge >= 0.3 is 21.1 Å². The quantitative estimate of drug-likeness (QED) is 0.161. The van der Waals surface area contributed by atoms with Crippen molar-refractivity contribution in [1.29, 1.82) is 0 Å². The summed E-state index contributed by atoms with van der Waals surface area (Å²) >= 11 is 0. The molecule has 0 amide bonds. The molecule has 0 N–H and O–H groups in total. The summed E-state index contributed by atoms with van der Waals surface area (Å²) in [6.07, 6.45) is 1.92. The van der Waals surface area contributed by atoms with Gasteiger partial charge in [-0.1, -0.05) is 122 Å². The van der Waals surface area contributed by atoms with Crippen LogP contribution in [0.5, 0.6) is 0 Å². The number of pyridine rings is 2. The van der Waals surface area contributed by atoms with E-state index in [-0.39, 0.29) is 26.5 Å². The molecule has 5 heterocycles. The predicted molar refractivity (Wildman–Crippen MR) is 230 cm³/mol. The van der Waals surface area contributed by atoms with Crippen LogP contribution < -0.4 is 5.10 Å². The monoisotopic (exact) mass is 919 g/mol. The third-order valence-electron chi connectivity index (χ3n) is 11.1. The first-order valence-corrected chi connectivity index (χ1v) is 19.2. The zero-order valence-electron chi connectivity index (χ0n) is 32.7. The second-order valence-corrected chi connectivity index (χ2v) is 15.9. The third-order valence-corrected chi connectivity index (χ3v) is 11.1. The summed E-state index contributed by atoms with van der Waals surface area (Å²) in [4.78, 5) is 10.4. The SMILES string of the molecule is Cc1cc(C)c(-c2n[n-]c(-c3ccc4c5ccccc5n(-c5[c-]c6c(cc5)c5ccccc5n6-c5cc(C(C)(C)C)ccn5)c4n3)c2-c2ccccc2)c(C)c1.[Pt+2]. The number of fused-ring (bicyclic) bond motifs is 6. The van der Waals surface area contributed by atoms with E-state index in [4.69, 9.17) is 20.2 Å². The first-order valence-electron chi connectivity index (χ1n) is 19.2. The number of benzene rings is 5. The van der Waals surface area contributed by atoms with Crippen molar-refractivity contribution in [3.05, 3.63) is 162 Å². The molecule has 57 heavy (non-hydrogen) atoms. The summed E-state index contributed by atoms with van der Waals surface area (Å²) in [7, 11) is 0. The summed E-state index contributed by atoms with van der Waals surface area (Å²) in [5.41, 5.74) is 15.2. The number of aromatic nitrogens is 6. The number of hydrogen-bond donors (Lipinski definition) is 0. The molecule has 5 aromatic heterocycles. The van der Waals surface area contributed by atoms with Crippen molar-refractivity contribution >= 4 is 43.7 Å². The van der Waals surface area contributed by atoms with E-state index in [1.807, 2.05) is 12.3 Å². The van der Waals surface area contributed by atoms with Crippen molar-refractivity contribution in [3.8, 4) is 45.3 Å². The van der Waals surface area contributed by atoms with Gasteiger partial charge in [-0.15, -0.1) is 17.5 Å². The normalized spacial score (nSPS) is 11.9. The van der Waals surface area contributed by atoms with E-state index in [1.165, 1.54) is 22.3 Å². The minimum atomic E-state index is -0.0251. The predicted octanol–water partition coefficient (Wildman–Crippen LogP) is 12.0. The molecule has 0 atom stereocenters. The van der Waals surface area contributed by atoms with Gasteiger partial charge in [0.15, 0.2) is 0 Å². The Balaban J connectivity index is 0.00000422. The number of para-hydroxylation sites is 2. The Morgan fingerprint density at radius 2 is 1.28 bits per heavy atom. The van der Waals surface area contributed by atoms with Crippen LogP contribution in [0.15, 0.2) is 134 Å². The van der Waals surface area contributed by atoms with Crippen LogP contribution in [-0.4, -0.2) is 24.2 Å². The Hall–Kier alpha value is -6.10. The van der Waals surface area contributed by atoms with Crippen LogP contribution in [0.4, 0.5) is 0 Å². The van der Waals surface area contributed by atoms with Crippen molar-refractivity contribution in [2.45, 2.75) is 47.0 Å². The van der Waals surface area contributed by atoms with E-state index < -0.39 is 0 Å². The second kappa shape index (κ2) is 13.8. The molecule has 5 aromatic carbocycles. The Morgan fingerprint density at radius 3 is 2.00 bits per heavy atom. The third kappa shape index (κ3) is 5.93. The average Bonchev–Trinajstić information content (AvgIpc) is 3.87. The van der Waals surface area contributed by atoms with Crippen LogP contribution in [-0.2, 0) is 26.5 Å². The van der Waals surface area contributed by atoms with Gasteiger partial charge in [-0.25, -0.2) is 9.97 Å². The average molecular weight is 920 g/mol. The molecule has 280 valence electrons. The van der Waals surface area contributed by atoms with Gasteiger partial charge in [-0.2, -0.15) is 6.07 Å². The minimum absolute atomic E-state index is 0. The van der Waals surface area contributed by atoms with Crippen LogP contribution in [0.2, 0.25) is 0 Å². The van der Waals surface area contributed by atoms with E-state index in [0.717, 1.165) is 89.0 Å². The Kier molecular flexibility index (Phi) is 8.86. The summed E-state index contributed by atoms with van der Waals surface area (Å²) in [5.74, 6) is 0.873. The summed E-state index contributed by atoms with van der Waals surface area (Å²) < 4.78 is 4.49. The van der Waals surface area contributed by atoms with Crippen LogP contribution in [0.25, 0.3) is 89.0 Å². The largest absolute Gasteiger partial charge is 2.00 e. The van der Waals surface area contributed by atoms with Gasteiger partial charge in [0.1, 0.15) is 11.5 Å². The number of hydrogen-bond acceptors (Lipinski definition) is 3. The molecule has 0 spiro atoms. The summed E-state index contributed by atoms with van der Waals surface area (Å²) in [5, 5.41) is 14.3. The van der Waals surface area contributed by atoms with Crippen LogP contribution >= 0.6 is 0 Å². The van der Waals surface area contributed by atoms with E-state index in [0.29, 0.717) is 0 Å². The maximum absolute atomic E-state index is 5.47. The molecule has 7 heteroatoms. The molecule has 0 fully saturated rings. The Morgan fingerprint density at radius 1 is 0.632 bits per heavy atom. The second-order valence-electron chi connectivity index (χ2n) is 15.9. The van der Waals surface area contributed by atoms with E-state index in [9.17, 15) is 0 Å². The van der Waals surface area contributed by atoms with Gasteiger partial charge in [0.25, 0.3) is 0 Å². The van der Waals surface area contributed by atoms with Gasteiger partial charge in [0, 0.05) is 28.0 Å². The zero-order chi connectivity index (χ0) is 38.3. The molecule has 0 aliphatic heterocycles. The van der Waals surface area contributed by atoms with E-state index in [1.54, 1.807) is 0 Å². The molecule has 0 radical (unpaired) electrons. The molecular weight excluding hydrogens is 880 g/mol. The summed E-state index contributed by atoms with van der Waals surface area (Å²) in [6, 6.07) is 48.8. The van der Waals surface area contributed by atoms with E-state index >= 15 is 0 Å². The maximum Gasteiger partial charge on any atom is 2.00 e. The fourth-order valence-corrected chi connectivity index (χ4v) is 8.57. The zero-order valence-corrected chi connectivity index (χ0v) is 35.0. The minimum Gasteiger partial charge on any atom is -0.573 e. The van der Waals surface area contributed by atoms with Crippen molar-refractivity contribution in [2.75, 3.05) is 0 Å². The van der Waals surface area contributed by atoms with Crippen molar-refractivity contribution in [2.24, 2.45) is 0 Å². The summed E-state index contributed by atoms with van der Waals surface area (Å²) in [6.45, 7) is 13.2. The molecule has 0 aliphatic carbocycles. The smallest absolute Gasteiger partial charge is 0.573 e. The number of rotatable bonds is 5. The molecule has 6 nitrogen and oxygen atoms in total. The van der Waals surface area contributed by atoms with Crippen LogP contribution in [0, 0.1) is 26.8 Å². The molecule has 10 aromatic rings. The molecule has 0 aliphatic rings. The fourth-order valence-electron chi connectivity index (χ4n) is 8.57. The molecule has 0 saturated heterocycles. The molecular formula is C50H40N6Pt. The van der Waals surface area contributed by atoms with Gasteiger partial charge in [0.05, 0.1) is 16.9 Å². The van der Waals surface area contributed by atoms with Gasteiger partial charge in [-0.3, -0.25) is 0 Å². The fraction of sp³-hybridized carbons (Fsp3) is 0.140. The molecule has 10 rings (SSSR count). The maximum atomic E-state index is 5.47. The standard InChI is InChI=1S/C50H40N6.Pt/c1-30-26-31(2)45(32(3)27-30)48-46(33-14-8-7-9-15-33)47(53-54-48)40-23-22-39-37-17-11-12-18-41(37)55(49(39)52-40)35-20-21-38-36-16-10-13-19-42(36)56(43(38)29-35)44-28-34(24-25-51-44)50(4,5)6;/h7-28H,1-6H3;/q-2;+2. The van der Waals surface area contributed by atoms with Gasteiger partial charge in [0.2, 0.25) is 0 Å². The Bertz CT molecular complexity index is 3140. The van der Waals surface area contributed by atoms with Crippen LogP contribution in [0.1, 0.15) is 43.0 Å². The van der Waals surface area contributed by atoms with Crippen molar-refractivity contribution < 1.29 is 21.1 Å². The topological polar surface area (TPSA) is 62.6 Å². The van der Waals surface area contributed by atoms with Gasteiger partial charge in [-0.05, 0) is 95.8 Å². The first-order chi connectivity index (χ1) is 27.2. The Labute approximate surface area is 346 Å². The van der Waals surface area contributed by atoms with Crippen molar-refractivity contribution in [3.63, 3.8) is 0 Å².